The first-order valence-corrected chi connectivity index (χ1v) is 16.9. The minimum absolute atomic E-state index is 0.00337. The smallest absolute Gasteiger partial charge is 0.262 e. The monoisotopic (exact) mass is 645 g/mol. The van der Waals surface area contributed by atoms with Crippen molar-refractivity contribution in [2.24, 2.45) is 11.8 Å². The molecule has 5 aliphatic heterocycles. The number of aliphatic hydroxyl groups is 1. The van der Waals surface area contributed by atoms with Crippen molar-refractivity contribution in [3.8, 4) is 0 Å². The van der Waals surface area contributed by atoms with Gasteiger partial charge in [-0.15, -0.1) is 0 Å². The third-order valence-electron chi connectivity index (χ3n) is 10.9. The molecule has 5 atom stereocenters. The van der Waals surface area contributed by atoms with Crippen molar-refractivity contribution in [3.05, 3.63) is 107 Å². The van der Waals surface area contributed by atoms with Gasteiger partial charge < -0.3 is 25.5 Å². The van der Waals surface area contributed by atoms with Gasteiger partial charge >= 0.3 is 0 Å². The van der Waals surface area contributed by atoms with Crippen LogP contribution in [0.25, 0.3) is 0 Å². The van der Waals surface area contributed by atoms with Gasteiger partial charge in [-0.1, -0.05) is 30.9 Å². The highest BCUT2D eigenvalue weighted by Crippen LogP contribution is 2.55. The number of carbonyl (C=O) groups is 4. The molecule has 0 radical (unpaired) electrons. The molecule has 7 aliphatic rings. The molecule has 4 saturated heterocycles. The number of carbonyl (C=O) groups excluding carboxylic acids is 4. The lowest BCUT2D eigenvalue weighted by Crippen LogP contribution is -2.62. The first-order chi connectivity index (χ1) is 23.3. The summed E-state index contributed by atoms with van der Waals surface area (Å²) in [7, 11) is 0. The number of anilines is 2. The zero-order chi connectivity index (χ0) is 33.1. The fraction of sp³-hybridized carbons (Fsp3) is 0.368. The molecule has 1 saturated carbocycles. The van der Waals surface area contributed by atoms with Crippen LogP contribution < -0.4 is 15.5 Å². The van der Waals surface area contributed by atoms with Crippen LogP contribution in [0.2, 0.25) is 0 Å². The zero-order valence-electron chi connectivity index (χ0n) is 26.7. The number of hydrogen-bond acceptors (Lipinski definition) is 8. The van der Waals surface area contributed by atoms with E-state index in [0.29, 0.717) is 72.1 Å². The quantitative estimate of drug-likeness (QED) is 0.218. The van der Waals surface area contributed by atoms with Crippen LogP contribution in [0, 0.1) is 11.8 Å². The maximum Gasteiger partial charge on any atom is 0.262 e. The summed E-state index contributed by atoms with van der Waals surface area (Å²) in [5, 5.41) is 16.6. The van der Waals surface area contributed by atoms with Crippen molar-refractivity contribution in [2.75, 3.05) is 29.9 Å². The van der Waals surface area contributed by atoms with E-state index in [0.717, 1.165) is 36.5 Å². The zero-order valence-corrected chi connectivity index (χ0v) is 26.7. The largest absolute Gasteiger partial charge is 0.507 e. The number of imide groups is 1. The molecule has 2 aromatic rings. The summed E-state index contributed by atoms with van der Waals surface area (Å²) >= 11 is 0. The van der Waals surface area contributed by atoms with Crippen LogP contribution in [-0.2, 0) is 16.0 Å². The number of amides is 3. The van der Waals surface area contributed by atoms with Crippen LogP contribution in [0.15, 0.2) is 90.5 Å². The average Bonchev–Trinajstić information content (AvgIpc) is 3.88. The molecule has 2 aromatic carbocycles. The lowest BCUT2D eigenvalue weighted by Gasteiger charge is -2.52. The Balaban J connectivity index is 0.869. The minimum Gasteiger partial charge on any atom is -0.507 e. The number of piperazine rings is 1. The molecule has 2 bridgehead atoms. The van der Waals surface area contributed by atoms with Gasteiger partial charge in [-0.3, -0.25) is 24.1 Å². The van der Waals surface area contributed by atoms with Crippen molar-refractivity contribution in [3.63, 3.8) is 0 Å². The maximum absolute atomic E-state index is 13.2. The molecule has 2 aliphatic carbocycles. The van der Waals surface area contributed by atoms with Gasteiger partial charge in [0.25, 0.3) is 11.8 Å². The van der Waals surface area contributed by atoms with Crippen molar-refractivity contribution in [1.29, 1.82) is 0 Å². The number of ketones is 1. The highest BCUT2D eigenvalue weighted by Gasteiger charge is 2.59. The van der Waals surface area contributed by atoms with E-state index in [1.165, 1.54) is 17.7 Å². The molecule has 0 aromatic heterocycles. The van der Waals surface area contributed by atoms with Gasteiger partial charge in [0.2, 0.25) is 5.91 Å². The number of hydrogen-bond donors (Lipinski definition) is 3. The Morgan fingerprint density at radius 2 is 1.77 bits per heavy atom. The fourth-order valence-electron chi connectivity index (χ4n) is 8.22. The van der Waals surface area contributed by atoms with Crippen molar-refractivity contribution >= 4 is 34.9 Å². The van der Waals surface area contributed by atoms with Crippen LogP contribution >= 0.6 is 0 Å². The maximum atomic E-state index is 13.2. The highest BCUT2D eigenvalue weighted by molar-refractivity contribution is 6.23. The summed E-state index contributed by atoms with van der Waals surface area (Å²) in [6.45, 7) is 6.27. The molecule has 246 valence electrons. The number of nitrogens with zero attached hydrogens (tertiary/aromatic N) is 3. The second kappa shape index (κ2) is 11.8. The van der Waals surface area contributed by atoms with Gasteiger partial charge in [0, 0.05) is 61.4 Å². The molecule has 3 unspecified atom stereocenters. The normalized spacial score (nSPS) is 28.6. The van der Waals surface area contributed by atoms with Gasteiger partial charge in [-0.05, 0) is 85.9 Å². The molecule has 9 rings (SSSR count). The summed E-state index contributed by atoms with van der Waals surface area (Å²) < 4.78 is 0. The van der Waals surface area contributed by atoms with Crippen LogP contribution in [0.5, 0.6) is 0 Å². The van der Waals surface area contributed by atoms with E-state index in [2.05, 4.69) is 51.3 Å². The number of allylic oxidation sites excluding steroid dienone is 5. The molecule has 5 heterocycles. The summed E-state index contributed by atoms with van der Waals surface area (Å²) in [5.41, 5.74) is 4.82. The Labute approximate surface area is 279 Å². The van der Waals surface area contributed by atoms with E-state index in [1.807, 2.05) is 12.3 Å². The standard InChI is InChI=1S/C38H39N5O5/c1-22-6-13-31(36(46)40-22)43-37(47)26-12-9-24(18-30(26)38(43)48)39-16-14-23-7-10-25(11-8-23)42-21-32-28-19-29(28)33(42)20-41(32)17-15-35(45)27-4-2-3-5-34(27)44/h2,4,7-12,15,17-18,28-29,31-33,39,45H,1,3,5-6,13-14,16,19-21H2,(H,40,46)/b17-15+,35-27-/t28-,29+,31?,32?,33?/m0/s1. The van der Waals surface area contributed by atoms with Gasteiger partial charge in [0.05, 0.1) is 16.7 Å². The van der Waals surface area contributed by atoms with Gasteiger partial charge in [-0.25, -0.2) is 0 Å². The SMILES string of the molecule is C=C1CCC(N2C(=O)c3ccc(NCCc4ccc(N5CC6[C@H]7C[C@H]7C5CN6/C=C/C(O)=C5\C=CCCC5=O)cc4)cc3C2=O)C(=O)N1. The van der Waals surface area contributed by atoms with E-state index in [-0.39, 0.29) is 17.4 Å². The second-order valence-corrected chi connectivity index (χ2v) is 13.8. The minimum atomic E-state index is -0.821. The molecular formula is C38H39N5O5. The van der Waals surface area contributed by atoms with E-state index < -0.39 is 17.9 Å². The van der Waals surface area contributed by atoms with Gasteiger partial charge in [0.15, 0.2) is 5.78 Å². The van der Waals surface area contributed by atoms with Gasteiger partial charge in [0.1, 0.15) is 11.8 Å². The van der Waals surface area contributed by atoms with E-state index in [1.54, 1.807) is 30.4 Å². The van der Waals surface area contributed by atoms with E-state index in [9.17, 15) is 24.3 Å². The van der Waals surface area contributed by atoms with Crippen LogP contribution in [0.4, 0.5) is 11.4 Å². The number of Topliss-reactive ketones (excluding diaryl/α,β-unsaturated/α-hetero) is 1. The van der Waals surface area contributed by atoms with Gasteiger partial charge in [-0.2, -0.15) is 0 Å². The Kier molecular flexibility index (Phi) is 7.46. The summed E-state index contributed by atoms with van der Waals surface area (Å²) in [5.74, 6) is 0.197. The van der Waals surface area contributed by atoms with Crippen molar-refractivity contribution in [2.45, 2.75) is 56.7 Å². The predicted octanol–water partition coefficient (Wildman–Crippen LogP) is 4.48. The number of fused-ring (bicyclic) bond motifs is 3. The molecule has 0 spiro atoms. The summed E-state index contributed by atoms with van der Waals surface area (Å²) in [6.07, 6.45) is 11.5. The fourth-order valence-corrected chi connectivity index (χ4v) is 8.22. The number of piperidine rings is 3. The van der Waals surface area contributed by atoms with Crippen LogP contribution in [-0.4, -0.2) is 76.2 Å². The van der Waals surface area contributed by atoms with Crippen LogP contribution in [0.3, 0.4) is 0 Å². The average molecular weight is 646 g/mol. The Morgan fingerprint density at radius 1 is 0.979 bits per heavy atom. The topological polar surface area (TPSA) is 122 Å². The molecule has 48 heavy (non-hydrogen) atoms. The van der Waals surface area contributed by atoms with Crippen molar-refractivity contribution < 1.29 is 24.3 Å². The molecule has 3 amide bonds. The Bertz CT molecular complexity index is 1830. The second-order valence-electron chi connectivity index (χ2n) is 13.8. The molecule has 5 fully saturated rings. The van der Waals surface area contributed by atoms with E-state index in [4.69, 9.17) is 0 Å². The molecule has 3 N–H and O–H groups in total. The van der Waals surface area contributed by atoms with E-state index >= 15 is 0 Å². The number of benzene rings is 2. The first-order valence-electron chi connectivity index (χ1n) is 16.9. The first kappa shape index (κ1) is 30.2. The lowest BCUT2D eigenvalue weighted by atomic mass is 9.90. The summed E-state index contributed by atoms with van der Waals surface area (Å²) in [6, 6.07) is 13.9. The third kappa shape index (κ3) is 5.29. The molecular weight excluding hydrogens is 606 g/mol. The molecule has 10 nitrogen and oxygen atoms in total. The number of rotatable bonds is 8. The van der Waals surface area contributed by atoms with Crippen molar-refractivity contribution in [1.82, 2.24) is 15.1 Å². The predicted molar refractivity (Wildman–Crippen MR) is 181 cm³/mol. The Hall–Kier alpha value is -5.12. The molecule has 10 heteroatoms. The van der Waals surface area contributed by atoms with Crippen LogP contribution in [0.1, 0.15) is 58.4 Å². The number of aliphatic hydroxyl groups excluding tert-OH is 1. The lowest BCUT2D eigenvalue weighted by molar-refractivity contribution is -0.125. The summed E-state index contributed by atoms with van der Waals surface area (Å²) in [4.78, 5) is 56.9. The number of nitrogens with one attached hydrogen (secondary N) is 2. The third-order valence-corrected chi connectivity index (χ3v) is 10.9. The Morgan fingerprint density at radius 3 is 2.56 bits per heavy atom. The highest BCUT2D eigenvalue weighted by atomic mass is 16.3.